The fourth-order valence-electron chi connectivity index (χ4n) is 2.14. The van der Waals surface area contributed by atoms with Gasteiger partial charge in [-0.25, -0.2) is 9.18 Å². The molecule has 0 saturated carbocycles. The van der Waals surface area contributed by atoms with Gasteiger partial charge in [0.1, 0.15) is 17.2 Å². The van der Waals surface area contributed by atoms with Crippen LogP contribution in [0.2, 0.25) is 0 Å². The third-order valence-corrected chi connectivity index (χ3v) is 3.16. The highest BCUT2D eigenvalue weighted by atomic mass is 19.1. The van der Waals surface area contributed by atoms with Crippen LogP contribution in [-0.4, -0.2) is 18.8 Å². The van der Waals surface area contributed by atoms with Crippen molar-refractivity contribution in [2.24, 2.45) is 0 Å². The van der Waals surface area contributed by atoms with Gasteiger partial charge < -0.3 is 15.2 Å². The van der Waals surface area contributed by atoms with E-state index in [1.165, 1.54) is 19.2 Å². The van der Waals surface area contributed by atoms with Crippen LogP contribution in [0.15, 0.2) is 36.4 Å². The highest BCUT2D eigenvalue weighted by Gasteiger charge is 2.18. The summed E-state index contributed by atoms with van der Waals surface area (Å²) in [6.07, 6.45) is -0.606. The molecule has 2 aromatic carbocycles. The summed E-state index contributed by atoms with van der Waals surface area (Å²) in [5.41, 5.74) is 7.59. The van der Waals surface area contributed by atoms with E-state index in [-0.39, 0.29) is 5.82 Å². The lowest BCUT2D eigenvalue weighted by Crippen LogP contribution is -2.27. The Morgan fingerprint density at radius 1 is 1.17 bits per heavy atom. The van der Waals surface area contributed by atoms with Gasteiger partial charge in [0.05, 0.1) is 18.5 Å². The van der Waals surface area contributed by atoms with Crippen LogP contribution in [0.4, 0.5) is 20.6 Å². The highest BCUT2D eigenvalue weighted by molar-refractivity contribution is 5.92. The Labute approximate surface area is 140 Å². The number of halogens is 1. The van der Waals surface area contributed by atoms with E-state index in [0.717, 1.165) is 5.56 Å². The van der Waals surface area contributed by atoms with Crippen LogP contribution < -0.4 is 15.8 Å². The molecule has 128 valence electrons. The van der Waals surface area contributed by atoms with Crippen molar-refractivity contribution in [3.05, 3.63) is 42.2 Å². The van der Waals surface area contributed by atoms with Crippen molar-refractivity contribution in [3.63, 3.8) is 0 Å². The zero-order valence-corrected chi connectivity index (χ0v) is 14.1. The molecule has 0 aliphatic rings. The minimum absolute atomic E-state index is 0.325. The first-order valence-corrected chi connectivity index (χ1v) is 7.43. The van der Waals surface area contributed by atoms with E-state index >= 15 is 0 Å². The summed E-state index contributed by atoms with van der Waals surface area (Å²) in [5, 5.41) is 2.60. The number of hydrogen-bond acceptors (Lipinski definition) is 4. The molecule has 0 heterocycles. The molecule has 2 rings (SSSR count). The molecule has 0 spiro atoms. The molecule has 0 aliphatic carbocycles. The normalized spacial score (nSPS) is 11.0. The molecule has 0 atom stereocenters. The van der Waals surface area contributed by atoms with E-state index in [0.29, 0.717) is 22.7 Å². The summed E-state index contributed by atoms with van der Waals surface area (Å²) in [6.45, 7) is 5.32. The van der Waals surface area contributed by atoms with Crippen LogP contribution in [0, 0.1) is 5.82 Å². The van der Waals surface area contributed by atoms with Crippen molar-refractivity contribution >= 4 is 17.5 Å². The van der Waals surface area contributed by atoms with Crippen molar-refractivity contribution < 1.29 is 18.7 Å². The zero-order valence-electron chi connectivity index (χ0n) is 14.1. The topological polar surface area (TPSA) is 73.6 Å². The number of carbonyl (C=O) groups excluding carboxylic acids is 1. The van der Waals surface area contributed by atoms with Gasteiger partial charge in [0, 0.05) is 11.6 Å². The largest absolute Gasteiger partial charge is 0.496 e. The van der Waals surface area contributed by atoms with Crippen molar-refractivity contribution in [1.29, 1.82) is 0 Å². The Hall–Kier alpha value is -2.76. The maximum Gasteiger partial charge on any atom is 0.412 e. The van der Waals surface area contributed by atoms with Crippen LogP contribution in [0.3, 0.4) is 0 Å². The van der Waals surface area contributed by atoms with Gasteiger partial charge in [0.15, 0.2) is 0 Å². The van der Waals surface area contributed by atoms with E-state index in [2.05, 4.69) is 5.32 Å². The van der Waals surface area contributed by atoms with Crippen LogP contribution in [0.5, 0.6) is 5.75 Å². The van der Waals surface area contributed by atoms with E-state index in [4.69, 9.17) is 15.2 Å². The molecule has 0 saturated heterocycles. The zero-order chi connectivity index (χ0) is 17.9. The lowest BCUT2D eigenvalue weighted by Gasteiger charge is -2.20. The second-order valence-corrected chi connectivity index (χ2v) is 6.27. The molecule has 24 heavy (non-hydrogen) atoms. The predicted molar refractivity (Wildman–Crippen MR) is 92.7 cm³/mol. The van der Waals surface area contributed by atoms with Crippen LogP contribution in [0.25, 0.3) is 11.1 Å². The number of nitrogens with two attached hydrogens (primary N) is 1. The molecule has 0 unspecified atom stereocenters. The van der Waals surface area contributed by atoms with Gasteiger partial charge in [-0.2, -0.15) is 0 Å². The minimum Gasteiger partial charge on any atom is -0.496 e. The third kappa shape index (κ3) is 4.38. The molecular formula is C18H21FN2O3. The Morgan fingerprint density at radius 3 is 2.33 bits per heavy atom. The minimum atomic E-state index is -0.614. The van der Waals surface area contributed by atoms with E-state index in [9.17, 15) is 9.18 Å². The molecule has 0 fully saturated rings. The van der Waals surface area contributed by atoms with Crippen LogP contribution in [0.1, 0.15) is 20.8 Å². The number of methoxy groups -OCH3 is 1. The summed E-state index contributed by atoms with van der Waals surface area (Å²) in [4.78, 5) is 11.9. The standard InChI is InChI=1S/C18H21FN2O3/c1-18(2,3)24-17(22)21-15-10-16(23-4)13(9-14(15)20)11-5-7-12(19)8-6-11/h5-10H,20H2,1-4H3,(H,21,22). The number of carbonyl (C=O) groups is 1. The number of rotatable bonds is 3. The number of anilines is 2. The van der Waals surface area contributed by atoms with Gasteiger partial charge in [-0.05, 0) is 44.5 Å². The fraction of sp³-hybridized carbons (Fsp3) is 0.278. The molecule has 0 radical (unpaired) electrons. The molecule has 6 heteroatoms. The van der Waals surface area contributed by atoms with Gasteiger partial charge in [0.2, 0.25) is 0 Å². The molecule has 1 amide bonds. The smallest absolute Gasteiger partial charge is 0.412 e. The SMILES string of the molecule is COc1cc(NC(=O)OC(C)(C)C)c(N)cc1-c1ccc(F)cc1. The number of amides is 1. The summed E-state index contributed by atoms with van der Waals surface area (Å²) >= 11 is 0. The van der Waals surface area contributed by atoms with E-state index in [1.807, 2.05) is 0 Å². The average Bonchev–Trinajstić information content (AvgIpc) is 2.48. The Kier molecular flexibility index (Phi) is 4.97. The second-order valence-electron chi connectivity index (χ2n) is 6.27. The summed E-state index contributed by atoms with van der Waals surface area (Å²) in [5.74, 6) is 0.177. The van der Waals surface area contributed by atoms with E-state index in [1.54, 1.807) is 45.0 Å². The molecular weight excluding hydrogens is 311 g/mol. The number of benzene rings is 2. The lowest BCUT2D eigenvalue weighted by atomic mass is 10.0. The summed E-state index contributed by atoms with van der Waals surface area (Å²) in [6, 6.07) is 9.26. The van der Waals surface area contributed by atoms with Gasteiger partial charge in [-0.1, -0.05) is 12.1 Å². The molecule has 3 N–H and O–H groups in total. The highest BCUT2D eigenvalue weighted by Crippen LogP contribution is 2.36. The molecule has 5 nitrogen and oxygen atoms in total. The van der Waals surface area contributed by atoms with Gasteiger partial charge in [0.25, 0.3) is 0 Å². The maximum atomic E-state index is 13.1. The summed E-state index contributed by atoms with van der Waals surface area (Å²) in [7, 11) is 1.51. The summed E-state index contributed by atoms with van der Waals surface area (Å²) < 4.78 is 23.7. The van der Waals surface area contributed by atoms with Crippen molar-refractivity contribution in [2.75, 3.05) is 18.2 Å². The number of nitrogens with one attached hydrogen (secondary N) is 1. The number of hydrogen-bond donors (Lipinski definition) is 2. The molecule has 0 aromatic heterocycles. The van der Waals surface area contributed by atoms with Crippen LogP contribution >= 0.6 is 0 Å². The second kappa shape index (κ2) is 6.78. The monoisotopic (exact) mass is 332 g/mol. The van der Waals surface area contributed by atoms with Crippen LogP contribution in [-0.2, 0) is 4.74 Å². The molecule has 2 aromatic rings. The predicted octanol–water partition coefficient (Wildman–Crippen LogP) is 4.43. The first-order valence-electron chi connectivity index (χ1n) is 7.43. The number of ether oxygens (including phenoxy) is 2. The first kappa shape index (κ1) is 17.6. The first-order chi connectivity index (χ1) is 11.2. The average molecular weight is 332 g/mol. The van der Waals surface area contributed by atoms with Gasteiger partial charge in [-0.3, -0.25) is 5.32 Å². The van der Waals surface area contributed by atoms with E-state index < -0.39 is 11.7 Å². The molecule has 0 aliphatic heterocycles. The number of nitrogen functional groups attached to an aromatic ring is 1. The maximum absolute atomic E-state index is 13.1. The van der Waals surface area contributed by atoms with Crippen molar-refractivity contribution in [2.45, 2.75) is 26.4 Å². The lowest BCUT2D eigenvalue weighted by molar-refractivity contribution is 0.0636. The quantitative estimate of drug-likeness (QED) is 0.816. The van der Waals surface area contributed by atoms with Gasteiger partial charge in [-0.15, -0.1) is 0 Å². The Morgan fingerprint density at radius 2 is 1.79 bits per heavy atom. The fourth-order valence-corrected chi connectivity index (χ4v) is 2.14. The van der Waals surface area contributed by atoms with Gasteiger partial charge >= 0.3 is 6.09 Å². The third-order valence-electron chi connectivity index (χ3n) is 3.16. The van der Waals surface area contributed by atoms with Crippen molar-refractivity contribution in [1.82, 2.24) is 0 Å². The Balaban J connectivity index is 2.33. The Bertz CT molecular complexity index is 737. The molecule has 0 bridgehead atoms. The van der Waals surface area contributed by atoms with Crippen molar-refractivity contribution in [3.8, 4) is 16.9 Å².